The van der Waals surface area contributed by atoms with Crippen LogP contribution in [-0.4, -0.2) is 16.5 Å². The van der Waals surface area contributed by atoms with Crippen molar-refractivity contribution in [3.63, 3.8) is 0 Å². The van der Waals surface area contributed by atoms with E-state index in [4.69, 9.17) is 8.22 Å². The van der Waals surface area contributed by atoms with Crippen LogP contribution in [0.2, 0.25) is 0 Å². The van der Waals surface area contributed by atoms with Crippen LogP contribution in [0.5, 0.6) is 0 Å². The molecule has 13 heavy (non-hydrogen) atoms. The first kappa shape index (κ1) is 4.85. The van der Waals surface area contributed by atoms with Gasteiger partial charge in [0.25, 0.3) is 0 Å². The van der Waals surface area contributed by atoms with E-state index in [0.717, 1.165) is 4.90 Å². The highest BCUT2D eigenvalue weighted by Crippen LogP contribution is 2.20. The molecule has 0 spiro atoms. The number of benzene rings is 1. The number of aliphatic hydroxyl groups is 1. The summed E-state index contributed by atoms with van der Waals surface area (Å²) in [6, 6.07) is 9.21. The molecule has 1 aromatic rings. The van der Waals surface area contributed by atoms with Crippen LogP contribution >= 0.6 is 11.8 Å². The monoisotopic (exact) mass is 202 g/mol. The molecule has 0 bridgehead atoms. The lowest BCUT2D eigenvalue weighted by Crippen LogP contribution is -2.18. The average molecular weight is 202 g/mol. The maximum absolute atomic E-state index is 10.0. The zero-order valence-electron chi connectivity index (χ0n) is 13.2. The summed E-state index contributed by atoms with van der Waals surface area (Å²) >= 11 is 1.32. The van der Waals surface area contributed by atoms with Gasteiger partial charge in [0.05, 0.1) is 5.60 Å². The minimum absolute atomic E-state index is 0.220. The Labute approximate surface area is 92.6 Å². The lowest BCUT2D eigenvalue weighted by Gasteiger charge is -2.15. The summed E-state index contributed by atoms with van der Waals surface area (Å²) < 4.78 is 43.4. The quantitative estimate of drug-likeness (QED) is 0.758. The molecule has 0 aromatic heterocycles. The van der Waals surface area contributed by atoms with Gasteiger partial charge < -0.3 is 5.11 Å². The highest BCUT2D eigenvalue weighted by molar-refractivity contribution is 7.99. The summed E-state index contributed by atoms with van der Waals surface area (Å²) in [7, 11) is 0. The maximum Gasteiger partial charge on any atom is 0.0599 e. The van der Waals surface area contributed by atoms with Crippen molar-refractivity contribution in [1.82, 2.24) is 0 Å². The van der Waals surface area contributed by atoms with E-state index in [2.05, 4.69) is 0 Å². The Hall–Kier alpha value is -0.470. The minimum atomic E-state index is -2.94. The fraction of sp³-hybridized carbons (Fsp3) is 0.455. The minimum Gasteiger partial charge on any atom is -0.390 e. The first-order chi connectivity index (χ1) is 8.58. The Kier molecular flexibility index (Phi) is 1.75. The number of rotatable bonds is 4. The van der Waals surface area contributed by atoms with Crippen molar-refractivity contribution in [2.45, 2.75) is 30.6 Å². The third-order valence-corrected chi connectivity index (χ3v) is 2.49. The van der Waals surface area contributed by atoms with E-state index in [1.807, 2.05) is 30.3 Å². The number of hydrogen-bond acceptors (Lipinski definition) is 2. The van der Waals surface area contributed by atoms with Crippen LogP contribution in [0.15, 0.2) is 35.2 Å². The number of hydrogen-bond donors (Lipinski definition) is 1. The molecule has 0 radical (unpaired) electrons. The Morgan fingerprint density at radius 2 is 2.08 bits per heavy atom. The van der Waals surface area contributed by atoms with Crippen molar-refractivity contribution in [3.8, 4) is 0 Å². The van der Waals surface area contributed by atoms with Crippen molar-refractivity contribution >= 4 is 11.8 Å². The van der Waals surface area contributed by atoms with Gasteiger partial charge in [0.1, 0.15) is 0 Å². The predicted octanol–water partition coefficient (Wildman–Crippen LogP) is 2.94. The molecule has 0 aliphatic heterocycles. The molecule has 1 nitrogen and oxygen atoms in total. The first-order valence-corrected chi connectivity index (χ1v) is 4.97. The smallest absolute Gasteiger partial charge is 0.0599 e. The van der Waals surface area contributed by atoms with Crippen LogP contribution in [0, 0.1) is 0 Å². The summed E-state index contributed by atoms with van der Waals surface area (Å²) in [5.74, 6) is 0.220. The number of thioether (sulfide) groups is 1. The van der Waals surface area contributed by atoms with Gasteiger partial charge >= 0.3 is 0 Å². The predicted molar refractivity (Wildman–Crippen MR) is 58.1 cm³/mol. The van der Waals surface area contributed by atoms with Crippen LogP contribution in [0.3, 0.4) is 0 Å². The topological polar surface area (TPSA) is 20.2 Å². The zero-order chi connectivity index (χ0) is 14.7. The Balaban J connectivity index is 2.71. The molecule has 0 amide bonds. The molecule has 0 heterocycles. The third-order valence-electron chi connectivity index (χ3n) is 1.48. The van der Waals surface area contributed by atoms with E-state index >= 15 is 0 Å². The average Bonchev–Trinajstić information content (AvgIpc) is 2.27. The molecule has 0 saturated carbocycles. The summed E-state index contributed by atoms with van der Waals surface area (Å²) in [5, 5.41) is 10.0. The van der Waals surface area contributed by atoms with Gasteiger partial charge in [-0.15, -0.1) is 11.8 Å². The molecule has 0 aliphatic carbocycles. The van der Waals surface area contributed by atoms with E-state index in [1.54, 1.807) is 0 Å². The SMILES string of the molecule is [2H]C([2H])([2H])C(O)(CCSc1ccccc1)C([2H])([2H])[2H]. The van der Waals surface area contributed by atoms with Gasteiger partial charge in [-0.05, 0) is 32.3 Å². The Morgan fingerprint density at radius 3 is 2.69 bits per heavy atom. The summed E-state index contributed by atoms with van der Waals surface area (Å²) in [6.45, 7) is -5.87. The molecule has 1 rings (SSSR count). The van der Waals surface area contributed by atoms with Gasteiger partial charge in [0, 0.05) is 18.9 Å². The second-order valence-corrected chi connectivity index (χ2v) is 3.94. The molecule has 1 N–H and O–H groups in total. The lowest BCUT2D eigenvalue weighted by molar-refractivity contribution is 0.0778. The van der Waals surface area contributed by atoms with E-state index in [1.165, 1.54) is 11.8 Å². The molecule has 72 valence electrons. The summed E-state index contributed by atoms with van der Waals surface area (Å²) in [6.07, 6.45) is -0.320. The van der Waals surface area contributed by atoms with Gasteiger partial charge in [-0.2, -0.15) is 0 Å². The van der Waals surface area contributed by atoms with Crippen molar-refractivity contribution in [1.29, 1.82) is 0 Å². The molecule has 0 saturated heterocycles. The van der Waals surface area contributed by atoms with Gasteiger partial charge in [-0.1, -0.05) is 18.2 Å². The maximum atomic E-state index is 10.0. The summed E-state index contributed by atoms with van der Waals surface area (Å²) in [5.41, 5.74) is -2.66. The van der Waals surface area contributed by atoms with Gasteiger partial charge in [0.15, 0.2) is 0 Å². The van der Waals surface area contributed by atoms with E-state index < -0.39 is 19.3 Å². The van der Waals surface area contributed by atoms with E-state index in [9.17, 15) is 5.11 Å². The van der Waals surface area contributed by atoms with E-state index in [-0.39, 0.29) is 12.2 Å². The van der Waals surface area contributed by atoms with Crippen LogP contribution in [0.4, 0.5) is 0 Å². The van der Waals surface area contributed by atoms with Crippen molar-refractivity contribution < 1.29 is 13.3 Å². The van der Waals surface area contributed by atoms with Gasteiger partial charge in [-0.3, -0.25) is 0 Å². The van der Waals surface area contributed by atoms with Crippen molar-refractivity contribution in [3.05, 3.63) is 30.3 Å². The highest BCUT2D eigenvalue weighted by Gasteiger charge is 2.11. The first-order valence-electron chi connectivity index (χ1n) is 6.98. The zero-order valence-corrected chi connectivity index (χ0v) is 7.97. The Morgan fingerprint density at radius 1 is 1.38 bits per heavy atom. The fourth-order valence-corrected chi connectivity index (χ4v) is 1.82. The summed E-state index contributed by atoms with van der Waals surface area (Å²) in [4.78, 5) is 0.904. The normalized spacial score (nSPS) is 20.4. The van der Waals surface area contributed by atoms with Crippen LogP contribution in [-0.2, 0) is 0 Å². The molecule has 1 aromatic carbocycles. The lowest BCUT2D eigenvalue weighted by atomic mass is 10.1. The van der Waals surface area contributed by atoms with Crippen LogP contribution in [0.25, 0.3) is 0 Å². The van der Waals surface area contributed by atoms with Gasteiger partial charge in [0.2, 0.25) is 0 Å². The van der Waals surface area contributed by atoms with Crippen molar-refractivity contribution in [2.75, 3.05) is 5.75 Å². The third kappa shape index (κ3) is 4.96. The fourth-order valence-electron chi connectivity index (χ4n) is 0.833. The standard InChI is InChI=1S/C11H16OS/c1-11(2,12)8-9-13-10-6-4-3-5-7-10/h3-7,12H,8-9H2,1-2H3/i1D3,2D3. The van der Waals surface area contributed by atoms with Gasteiger partial charge in [-0.25, -0.2) is 0 Å². The molecule has 0 aliphatic rings. The van der Waals surface area contributed by atoms with E-state index in [0.29, 0.717) is 0 Å². The molecule has 0 fully saturated rings. The molecule has 0 unspecified atom stereocenters. The second-order valence-electron chi connectivity index (χ2n) is 2.77. The molecule has 0 atom stereocenters. The Bertz CT molecular complexity index is 386. The highest BCUT2D eigenvalue weighted by atomic mass is 32.2. The molecule has 2 heteroatoms. The van der Waals surface area contributed by atoms with Crippen molar-refractivity contribution in [2.24, 2.45) is 0 Å². The molecular formula is C11H16OS. The molecular weight excluding hydrogens is 180 g/mol. The van der Waals surface area contributed by atoms with Crippen LogP contribution in [0.1, 0.15) is 28.3 Å². The largest absolute Gasteiger partial charge is 0.390 e. The second kappa shape index (κ2) is 4.68. The van der Waals surface area contributed by atoms with Crippen LogP contribution < -0.4 is 0 Å².